The molecule has 98 valence electrons. The van der Waals surface area contributed by atoms with Crippen LogP contribution >= 0.6 is 11.3 Å². The topological polar surface area (TPSA) is 46.6 Å². The standard InChI is InChI=1S/C13H17NO3S/c1-14(9-3-5-10(15)6-4-9)13(16)12-11(17-2)7-8-18-12/h7-9H,3-6H2,1-2H3. The Balaban J connectivity index is 2.07. The van der Waals surface area contributed by atoms with E-state index < -0.39 is 0 Å². The molecule has 18 heavy (non-hydrogen) atoms. The Kier molecular flexibility index (Phi) is 4.01. The van der Waals surface area contributed by atoms with E-state index in [-0.39, 0.29) is 11.9 Å². The molecule has 5 heteroatoms. The van der Waals surface area contributed by atoms with Crippen LogP contribution in [0.3, 0.4) is 0 Å². The average Bonchev–Trinajstić information content (AvgIpc) is 2.86. The van der Waals surface area contributed by atoms with Gasteiger partial charge in [-0.1, -0.05) is 0 Å². The van der Waals surface area contributed by atoms with Crippen molar-refractivity contribution in [1.29, 1.82) is 0 Å². The lowest BCUT2D eigenvalue weighted by Crippen LogP contribution is -2.39. The first kappa shape index (κ1) is 13.1. The molecule has 0 saturated heterocycles. The zero-order valence-electron chi connectivity index (χ0n) is 10.6. The van der Waals surface area contributed by atoms with Crippen molar-refractivity contribution in [3.63, 3.8) is 0 Å². The van der Waals surface area contributed by atoms with E-state index in [1.807, 2.05) is 12.4 Å². The molecule has 0 bridgehead atoms. The molecule has 0 unspecified atom stereocenters. The molecule has 1 amide bonds. The van der Waals surface area contributed by atoms with Gasteiger partial charge in [0.1, 0.15) is 16.4 Å². The summed E-state index contributed by atoms with van der Waals surface area (Å²) in [6.45, 7) is 0. The number of nitrogens with zero attached hydrogens (tertiary/aromatic N) is 1. The van der Waals surface area contributed by atoms with Gasteiger partial charge in [-0.3, -0.25) is 9.59 Å². The van der Waals surface area contributed by atoms with Crippen molar-refractivity contribution in [3.05, 3.63) is 16.3 Å². The normalized spacial score (nSPS) is 16.7. The average molecular weight is 267 g/mol. The van der Waals surface area contributed by atoms with Crippen LogP contribution < -0.4 is 4.74 Å². The molecule has 1 fully saturated rings. The van der Waals surface area contributed by atoms with Gasteiger partial charge in [0, 0.05) is 25.9 Å². The first-order valence-electron chi connectivity index (χ1n) is 6.04. The van der Waals surface area contributed by atoms with E-state index in [1.54, 1.807) is 18.1 Å². The van der Waals surface area contributed by atoms with E-state index in [0.29, 0.717) is 29.3 Å². The fraction of sp³-hybridized carbons (Fsp3) is 0.538. The number of thiophene rings is 1. The van der Waals surface area contributed by atoms with Crippen LogP contribution in [-0.4, -0.2) is 36.8 Å². The maximum absolute atomic E-state index is 12.3. The smallest absolute Gasteiger partial charge is 0.267 e. The Bertz CT molecular complexity index is 445. The Hall–Kier alpha value is -1.36. The summed E-state index contributed by atoms with van der Waals surface area (Å²) in [5.41, 5.74) is 0. The highest BCUT2D eigenvalue weighted by Crippen LogP contribution is 2.28. The Morgan fingerprint density at radius 2 is 2.11 bits per heavy atom. The van der Waals surface area contributed by atoms with Gasteiger partial charge in [0.2, 0.25) is 0 Å². The van der Waals surface area contributed by atoms with Gasteiger partial charge >= 0.3 is 0 Å². The van der Waals surface area contributed by atoms with Gasteiger partial charge in [0.15, 0.2) is 0 Å². The fourth-order valence-corrected chi connectivity index (χ4v) is 3.09. The summed E-state index contributed by atoms with van der Waals surface area (Å²) < 4.78 is 5.17. The molecular formula is C13H17NO3S. The first-order chi connectivity index (χ1) is 8.63. The van der Waals surface area contributed by atoms with Crippen molar-refractivity contribution in [2.24, 2.45) is 0 Å². The third-order valence-electron chi connectivity index (χ3n) is 3.42. The third kappa shape index (κ3) is 2.56. The van der Waals surface area contributed by atoms with Crippen LogP contribution in [0.2, 0.25) is 0 Å². The number of hydrogen-bond donors (Lipinski definition) is 0. The number of ketones is 1. The van der Waals surface area contributed by atoms with Crippen molar-refractivity contribution in [2.75, 3.05) is 14.2 Å². The maximum atomic E-state index is 12.3. The summed E-state index contributed by atoms with van der Waals surface area (Å²) in [7, 11) is 3.38. The Labute approximate surface area is 111 Å². The van der Waals surface area contributed by atoms with E-state index in [9.17, 15) is 9.59 Å². The van der Waals surface area contributed by atoms with Crippen molar-refractivity contribution in [3.8, 4) is 5.75 Å². The second-order valence-electron chi connectivity index (χ2n) is 4.50. The molecule has 4 nitrogen and oxygen atoms in total. The minimum Gasteiger partial charge on any atom is -0.495 e. The van der Waals surface area contributed by atoms with Gasteiger partial charge in [-0.15, -0.1) is 11.3 Å². The summed E-state index contributed by atoms with van der Waals surface area (Å²) in [5.74, 6) is 0.922. The van der Waals surface area contributed by atoms with Crippen LogP contribution in [0.15, 0.2) is 11.4 Å². The zero-order chi connectivity index (χ0) is 13.1. The molecule has 0 radical (unpaired) electrons. The number of carbonyl (C=O) groups excluding carboxylic acids is 2. The van der Waals surface area contributed by atoms with Gasteiger partial charge in [-0.05, 0) is 24.3 Å². The van der Waals surface area contributed by atoms with E-state index in [2.05, 4.69) is 0 Å². The molecule has 1 aliphatic rings. The predicted octanol–water partition coefficient (Wildman–Crippen LogP) is 2.34. The van der Waals surface area contributed by atoms with Gasteiger partial charge in [0.25, 0.3) is 5.91 Å². The zero-order valence-corrected chi connectivity index (χ0v) is 11.5. The van der Waals surface area contributed by atoms with Crippen LogP contribution in [0.5, 0.6) is 5.75 Å². The Morgan fingerprint density at radius 3 is 2.72 bits per heavy atom. The van der Waals surface area contributed by atoms with Gasteiger partial charge in [0.05, 0.1) is 7.11 Å². The van der Waals surface area contributed by atoms with Crippen LogP contribution in [0.1, 0.15) is 35.4 Å². The van der Waals surface area contributed by atoms with E-state index in [1.165, 1.54) is 11.3 Å². The molecule has 0 N–H and O–H groups in total. The fourth-order valence-electron chi connectivity index (χ4n) is 2.25. The first-order valence-corrected chi connectivity index (χ1v) is 6.91. The van der Waals surface area contributed by atoms with E-state index in [0.717, 1.165) is 12.8 Å². The van der Waals surface area contributed by atoms with Crippen LogP contribution in [-0.2, 0) is 4.79 Å². The molecule has 1 aromatic heterocycles. The van der Waals surface area contributed by atoms with Gasteiger partial charge in [-0.2, -0.15) is 0 Å². The minimum atomic E-state index is -0.0128. The number of carbonyl (C=O) groups is 2. The highest BCUT2D eigenvalue weighted by Gasteiger charge is 2.27. The van der Waals surface area contributed by atoms with Gasteiger partial charge < -0.3 is 9.64 Å². The molecule has 0 aliphatic heterocycles. The molecule has 0 atom stereocenters. The molecule has 0 spiro atoms. The Morgan fingerprint density at radius 1 is 1.44 bits per heavy atom. The number of ether oxygens (including phenoxy) is 1. The molecule has 0 aromatic carbocycles. The molecule has 1 heterocycles. The summed E-state index contributed by atoms with van der Waals surface area (Å²) in [6, 6.07) is 1.97. The highest BCUT2D eigenvalue weighted by atomic mass is 32.1. The number of rotatable bonds is 3. The lowest BCUT2D eigenvalue weighted by molar-refractivity contribution is -0.121. The maximum Gasteiger partial charge on any atom is 0.267 e. The summed E-state index contributed by atoms with van der Waals surface area (Å²) in [6.07, 6.45) is 2.72. The number of methoxy groups -OCH3 is 1. The lowest BCUT2D eigenvalue weighted by atomic mass is 9.93. The monoisotopic (exact) mass is 267 g/mol. The van der Waals surface area contributed by atoms with E-state index in [4.69, 9.17) is 4.74 Å². The number of hydrogen-bond acceptors (Lipinski definition) is 4. The van der Waals surface area contributed by atoms with Crippen LogP contribution in [0.25, 0.3) is 0 Å². The summed E-state index contributed by atoms with van der Waals surface area (Å²) >= 11 is 1.39. The molecule has 1 aliphatic carbocycles. The second-order valence-corrected chi connectivity index (χ2v) is 5.42. The van der Waals surface area contributed by atoms with Crippen LogP contribution in [0.4, 0.5) is 0 Å². The van der Waals surface area contributed by atoms with Gasteiger partial charge in [-0.25, -0.2) is 0 Å². The summed E-state index contributed by atoms with van der Waals surface area (Å²) in [5, 5.41) is 1.85. The van der Waals surface area contributed by atoms with Crippen molar-refractivity contribution in [2.45, 2.75) is 31.7 Å². The van der Waals surface area contributed by atoms with E-state index >= 15 is 0 Å². The predicted molar refractivity (Wildman–Crippen MR) is 70.2 cm³/mol. The lowest BCUT2D eigenvalue weighted by Gasteiger charge is -2.30. The number of amides is 1. The molecule has 1 aromatic rings. The molecule has 1 saturated carbocycles. The van der Waals surface area contributed by atoms with Crippen molar-refractivity contribution >= 4 is 23.0 Å². The SMILES string of the molecule is COc1ccsc1C(=O)N(C)C1CCC(=O)CC1. The quantitative estimate of drug-likeness (QED) is 0.844. The summed E-state index contributed by atoms with van der Waals surface area (Å²) in [4.78, 5) is 25.9. The minimum absolute atomic E-state index is 0.0128. The highest BCUT2D eigenvalue weighted by molar-refractivity contribution is 7.12. The molecule has 2 rings (SSSR count). The second kappa shape index (κ2) is 5.52. The third-order valence-corrected chi connectivity index (χ3v) is 4.31. The van der Waals surface area contributed by atoms with Crippen LogP contribution in [0, 0.1) is 0 Å². The molecular weight excluding hydrogens is 250 g/mol. The largest absolute Gasteiger partial charge is 0.495 e. The van der Waals surface area contributed by atoms with Crippen molar-refractivity contribution < 1.29 is 14.3 Å². The number of Topliss-reactive ketones (excluding diaryl/α,β-unsaturated/α-hetero) is 1. The van der Waals surface area contributed by atoms with Crippen molar-refractivity contribution in [1.82, 2.24) is 4.90 Å².